The monoisotopic (exact) mass is 320 g/mol. The van der Waals surface area contributed by atoms with Gasteiger partial charge in [0.1, 0.15) is 6.04 Å². The third-order valence-electron chi connectivity index (χ3n) is 2.39. The summed E-state index contributed by atoms with van der Waals surface area (Å²) in [5.74, 6) is -1.70. The molecule has 1 aromatic carbocycles. The number of aliphatic hydroxyl groups is 1. The number of anilines is 1. The number of rotatable bonds is 7. The van der Waals surface area contributed by atoms with E-state index in [1.54, 1.807) is 6.07 Å². The molecule has 0 bridgehead atoms. The number of hydrogen-bond acceptors (Lipinski definition) is 4. The summed E-state index contributed by atoms with van der Waals surface area (Å²) in [5, 5.41) is 23.3. The number of aliphatic hydroxyl groups excluding tert-OH is 1. The number of amides is 1. The molecule has 20 heavy (non-hydrogen) atoms. The second-order valence-electron chi connectivity index (χ2n) is 3.95. The number of carboxylic acid groups (broad SMARTS) is 1. The summed E-state index contributed by atoms with van der Waals surface area (Å²) in [6.07, 6.45) is -0.293. The van der Waals surface area contributed by atoms with Crippen LogP contribution in [0.5, 0.6) is 0 Å². The summed E-state index contributed by atoms with van der Waals surface area (Å²) in [5.41, 5.74) is 0.315. The van der Waals surface area contributed by atoms with Crippen LogP contribution in [0.1, 0.15) is 6.42 Å². The second kappa shape index (κ2) is 8.06. The minimum Gasteiger partial charge on any atom is -0.480 e. The summed E-state index contributed by atoms with van der Waals surface area (Å²) >= 11 is 11.7. The lowest BCUT2D eigenvalue weighted by atomic mass is 10.2. The van der Waals surface area contributed by atoms with Crippen LogP contribution in [0.3, 0.4) is 0 Å². The van der Waals surface area contributed by atoms with Gasteiger partial charge in [0.2, 0.25) is 5.91 Å². The Hall–Kier alpha value is -1.34. The van der Waals surface area contributed by atoms with Crippen LogP contribution in [0.2, 0.25) is 10.0 Å². The van der Waals surface area contributed by atoms with Gasteiger partial charge in [0.05, 0.1) is 23.7 Å². The highest BCUT2D eigenvalue weighted by molar-refractivity contribution is 6.35. The maximum Gasteiger partial charge on any atom is 0.321 e. The molecule has 8 heteroatoms. The molecule has 0 fully saturated rings. The fourth-order valence-corrected chi connectivity index (χ4v) is 1.80. The van der Waals surface area contributed by atoms with E-state index in [2.05, 4.69) is 10.6 Å². The van der Waals surface area contributed by atoms with Gasteiger partial charge in [-0.1, -0.05) is 23.2 Å². The van der Waals surface area contributed by atoms with Gasteiger partial charge in [-0.2, -0.15) is 0 Å². The molecular weight excluding hydrogens is 307 g/mol. The summed E-state index contributed by atoms with van der Waals surface area (Å²) < 4.78 is 0. The summed E-state index contributed by atoms with van der Waals surface area (Å²) in [7, 11) is 0. The zero-order valence-corrected chi connectivity index (χ0v) is 11.9. The number of hydrogen-bond donors (Lipinski definition) is 4. The Morgan fingerprint density at radius 2 is 2.00 bits per heavy atom. The smallest absolute Gasteiger partial charge is 0.321 e. The molecule has 0 radical (unpaired) electrons. The van der Waals surface area contributed by atoms with E-state index in [1.165, 1.54) is 12.1 Å². The summed E-state index contributed by atoms with van der Waals surface area (Å²) in [6, 6.07) is 3.49. The van der Waals surface area contributed by atoms with E-state index < -0.39 is 17.9 Å². The molecule has 1 rings (SSSR count). The highest BCUT2D eigenvalue weighted by Gasteiger charge is 2.20. The molecular formula is C12H14Cl2N2O4. The maximum atomic E-state index is 11.8. The molecule has 0 aliphatic carbocycles. The largest absolute Gasteiger partial charge is 0.480 e. The van der Waals surface area contributed by atoms with Gasteiger partial charge in [0.25, 0.3) is 0 Å². The van der Waals surface area contributed by atoms with Gasteiger partial charge in [-0.25, -0.2) is 0 Å². The van der Waals surface area contributed by atoms with Gasteiger partial charge in [-0.05, 0) is 18.2 Å². The van der Waals surface area contributed by atoms with Gasteiger partial charge >= 0.3 is 5.97 Å². The van der Waals surface area contributed by atoms with Gasteiger partial charge in [-0.3, -0.25) is 9.59 Å². The summed E-state index contributed by atoms with van der Waals surface area (Å²) in [6.45, 7) is -0.131. The number of carbonyl (C=O) groups excluding carboxylic acids is 1. The lowest BCUT2D eigenvalue weighted by molar-refractivity contribution is -0.141. The van der Waals surface area contributed by atoms with Crippen molar-refractivity contribution in [1.29, 1.82) is 0 Å². The zero-order valence-electron chi connectivity index (χ0n) is 10.4. The highest BCUT2D eigenvalue weighted by atomic mass is 35.5. The second-order valence-corrected chi connectivity index (χ2v) is 4.79. The Bertz CT molecular complexity index is 496. The van der Waals surface area contributed by atoms with Crippen molar-refractivity contribution in [2.24, 2.45) is 0 Å². The minimum absolute atomic E-state index is 0.0855. The van der Waals surface area contributed by atoms with E-state index in [0.717, 1.165) is 0 Å². The fraction of sp³-hybridized carbons (Fsp3) is 0.333. The van der Waals surface area contributed by atoms with E-state index in [4.69, 9.17) is 33.4 Å². The SMILES string of the molecule is O=C(CC(NCCO)C(=O)O)Nc1cc(Cl)ccc1Cl. The van der Waals surface area contributed by atoms with Crippen LogP contribution < -0.4 is 10.6 Å². The van der Waals surface area contributed by atoms with Crippen LogP contribution in [0, 0.1) is 0 Å². The fourth-order valence-electron chi connectivity index (χ4n) is 1.47. The molecule has 0 aromatic heterocycles. The molecule has 0 aliphatic rings. The third kappa shape index (κ3) is 5.34. The Kier molecular flexibility index (Phi) is 6.74. The molecule has 6 nitrogen and oxygen atoms in total. The predicted molar refractivity (Wildman–Crippen MR) is 76.2 cm³/mol. The number of nitrogens with one attached hydrogen (secondary N) is 2. The first-order valence-corrected chi connectivity index (χ1v) is 6.51. The van der Waals surface area contributed by atoms with Crippen molar-refractivity contribution in [2.45, 2.75) is 12.5 Å². The minimum atomic E-state index is -1.18. The average Bonchev–Trinajstić information content (AvgIpc) is 2.38. The van der Waals surface area contributed by atoms with E-state index in [-0.39, 0.29) is 19.6 Å². The molecule has 0 heterocycles. The molecule has 1 atom stereocenters. The van der Waals surface area contributed by atoms with Crippen molar-refractivity contribution in [3.8, 4) is 0 Å². The van der Waals surface area contributed by atoms with E-state index in [1.807, 2.05) is 0 Å². The molecule has 0 aliphatic heterocycles. The molecule has 110 valence electrons. The number of halogens is 2. The third-order valence-corrected chi connectivity index (χ3v) is 2.96. The Morgan fingerprint density at radius 1 is 1.30 bits per heavy atom. The predicted octanol–water partition coefficient (Wildman–Crippen LogP) is 1.36. The lowest BCUT2D eigenvalue weighted by Gasteiger charge is -2.14. The van der Waals surface area contributed by atoms with Crippen LogP contribution in [-0.4, -0.2) is 41.3 Å². The van der Waals surface area contributed by atoms with Crippen molar-refractivity contribution in [1.82, 2.24) is 5.32 Å². The van der Waals surface area contributed by atoms with Gasteiger partial charge in [0.15, 0.2) is 0 Å². The van der Waals surface area contributed by atoms with Crippen molar-refractivity contribution in [3.63, 3.8) is 0 Å². The maximum absolute atomic E-state index is 11.8. The lowest BCUT2D eigenvalue weighted by Crippen LogP contribution is -2.41. The average molecular weight is 321 g/mol. The van der Waals surface area contributed by atoms with Crippen molar-refractivity contribution in [2.75, 3.05) is 18.5 Å². The Morgan fingerprint density at radius 3 is 2.60 bits per heavy atom. The topological polar surface area (TPSA) is 98.7 Å². The van der Waals surface area contributed by atoms with E-state index in [9.17, 15) is 9.59 Å². The highest BCUT2D eigenvalue weighted by Crippen LogP contribution is 2.25. The quantitative estimate of drug-likeness (QED) is 0.608. The van der Waals surface area contributed by atoms with Gasteiger partial charge in [-0.15, -0.1) is 0 Å². The first-order chi connectivity index (χ1) is 9.43. The van der Waals surface area contributed by atoms with Crippen molar-refractivity contribution in [3.05, 3.63) is 28.2 Å². The van der Waals surface area contributed by atoms with Crippen LogP contribution >= 0.6 is 23.2 Å². The van der Waals surface area contributed by atoms with Crippen LogP contribution in [0.25, 0.3) is 0 Å². The molecule has 0 saturated carbocycles. The van der Waals surface area contributed by atoms with E-state index >= 15 is 0 Å². The number of carboxylic acids is 1. The van der Waals surface area contributed by atoms with Gasteiger partial charge < -0.3 is 20.8 Å². The van der Waals surface area contributed by atoms with Gasteiger partial charge in [0, 0.05) is 11.6 Å². The van der Waals surface area contributed by atoms with Crippen LogP contribution in [-0.2, 0) is 9.59 Å². The zero-order chi connectivity index (χ0) is 15.1. The summed E-state index contributed by atoms with van der Waals surface area (Å²) in [4.78, 5) is 22.7. The van der Waals surface area contributed by atoms with Crippen LogP contribution in [0.4, 0.5) is 5.69 Å². The van der Waals surface area contributed by atoms with Crippen molar-refractivity contribution < 1.29 is 19.8 Å². The number of aliphatic carboxylic acids is 1. The Labute approximate surface area is 125 Å². The first kappa shape index (κ1) is 16.7. The molecule has 1 unspecified atom stereocenters. The standard InChI is InChI=1S/C12H14Cl2N2O4/c13-7-1-2-8(14)9(5-7)16-11(18)6-10(12(19)20)15-3-4-17/h1-2,5,10,15,17H,3-4,6H2,(H,16,18)(H,19,20). The number of carbonyl (C=O) groups is 2. The van der Waals surface area contributed by atoms with Crippen molar-refractivity contribution >= 4 is 40.8 Å². The number of benzene rings is 1. The normalized spacial score (nSPS) is 11.9. The molecule has 4 N–H and O–H groups in total. The molecule has 1 aromatic rings. The Balaban J connectivity index is 2.65. The van der Waals surface area contributed by atoms with Crippen LogP contribution in [0.15, 0.2) is 18.2 Å². The van der Waals surface area contributed by atoms with E-state index in [0.29, 0.717) is 15.7 Å². The molecule has 0 saturated heterocycles. The first-order valence-electron chi connectivity index (χ1n) is 5.76. The molecule has 0 spiro atoms. The molecule has 1 amide bonds.